The van der Waals surface area contributed by atoms with Crippen LogP contribution in [0.25, 0.3) is 10.8 Å². The van der Waals surface area contributed by atoms with Gasteiger partial charge in [0.05, 0.1) is 10.3 Å². The maximum absolute atomic E-state index is 11.8. The third kappa shape index (κ3) is 1.54. The number of nitro groups is 1. The van der Waals surface area contributed by atoms with Crippen molar-refractivity contribution in [3.63, 3.8) is 0 Å². The normalized spacial score (nSPS) is 10.7. The van der Waals surface area contributed by atoms with E-state index in [0.717, 1.165) is 11.3 Å². The van der Waals surface area contributed by atoms with Gasteiger partial charge in [-0.1, -0.05) is 0 Å². The minimum absolute atomic E-state index is 0.0862. The molecule has 0 aliphatic carbocycles. The van der Waals surface area contributed by atoms with Gasteiger partial charge in [-0.25, -0.2) is 0 Å². The van der Waals surface area contributed by atoms with Gasteiger partial charge in [-0.2, -0.15) is 0 Å². The Hall–Kier alpha value is -2.37. The largest absolute Gasteiger partial charge is 0.392 e. The number of benzene rings is 1. The highest BCUT2D eigenvalue weighted by Gasteiger charge is 2.17. The van der Waals surface area contributed by atoms with Gasteiger partial charge in [0.15, 0.2) is 0 Å². The van der Waals surface area contributed by atoms with Crippen molar-refractivity contribution in [2.75, 3.05) is 5.73 Å². The highest BCUT2D eigenvalue weighted by atomic mass is 16.6. The second-order valence-corrected chi connectivity index (χ2v) is 3.88. The fourth-order valence-electron chi connectivity index (χ4n) is 1.85. The van der Waals surface area contributed by atoms with E-state index in [-0.39, 0.29) is 16.8 Å². The van der Waals surface area contributed by atoms with Gasteiger partial charge in [0.2, 0.25) is 0 Å². The van der Waals surface area contributed by atoms with Crippen LogP contribution in [-0.2, 0) is 0 Å². The second-order valence-electron chi connectivity index (χ2n) is 3.88. The van der Waals surface area contributed by atoms with Crippen LogP contribution in [0.1, 0.15) is 11.3 Å². The Bertz CT molecular complexity index is 688. The predicted octanol–water partition coefficient (Wildman–Crippen LogP) is 1.64. The van der Waals surface area contributed by atoms with Crippen molar-refractivity contribution in [1.29, 1.82) is 0 Å². The molecular formula is C11H11N3O3. The minimum atomic E-state index is -0.594. The summed E-state index contributed by atoms with van der Waals surface area (Å²) >= 11 is 0. The average Bonchev–Trinajstić information content (AvgIpc) is 2.25. The number of nitrogens with two attached hydrogens (primary N) is 1. The molecule has 0 saturated carbocycles. The predicted molar refractivity (Wildman–Crippen MR) is 65.1 cm³/mol. The number of hydrogen-bond acceptors (Lipinski definition) is 4. The molecule has 2 rings (SSSR count). The summed E-state index contributed by atoms with van der Waals surface area (Å²) in [5.74, 6) is 0. The van der Waals surface area contributed by atoms with Crippen molar-refractivity contribution in [1.82, 2.24) is 4.98 Å². The molecule has 0 unspecified atom stereocenters. The highest BCUT2D eigenvalue weighted by molar-refractivity contribution is 5.98. The average molecular weight is 233 g/mol. The lowest BCUT2D eigenvalue weighted by atomic mass is 10.0. The second kappa shape index (κ2) is 3.58. The number of fused-ring (bicyclic) bond motifs is 1. The SMILES string of the molecule is Cc1[nH]c(=O)c2c(N)c([N+](=O)[O-])ccc2c1C. The number of anilines is 1. The van der Waals surface area contributed by atoms with Crippen molar-refractivity contribution < 1.29 is 4.92 Å². The fourth-order valence-corrected chi connectivity index (χ4v) is 1.85. The van der Waals surface area contributed by atoms with Gasteiger partial charge < -0.3 is 10.7 Å². The number of nitrogens with zero attached hydrogens (tertiary/aromatic N) is 1. The lowest BCUT2D eigenvalue weighted by Gasteiger charge is -2.07. The third-order valence-electron chi connectivity index (χ3n) is 2.91. The summed E-state index contributed by atoms with van der Waals surface area (Å²) in [4.78, 5) is 24.6. The summed E-state index contributed by atoms with van der Waals surface area (Å²) in [6.07, 6.45) is 0. The maximum Gasteiger partial charge on any atom is 0.292 e. The topological polar surface area (TPSA) is 102 Å². The van der Waals surface area contributed by atoms with Crippen LogP contribution in [0.15, 0.2) is 16.9 Å². The summed E-state index contributed by atoms with van der Waals surface area (Å²) in [5, 5.41) is 11.6. The Morgan fingerprint density at radius 1 is 1.35 bits per heavy atom. The molecule has 1 aromatic heterocycles. The van der Waals surface area contributed by atoms with E-state index in [1.807, 2.05) is 6.92 Å². The number of aromatic amines is 1. The molecule has 0 fully saturated rings. The van der Waals surface area contributed by atoms with E-state index in [4.69, 9.17) is 5.73 Å². The van der Waals surface area contributed by atoms with Crippen molar-refractivity contribution in [2.45, 2.75) is 13.8 Å². The number of aromatic nitrogens is 1. The monoisotopic (exact) mass is 233 g/mol. The summed E-state index contributed by atoms with van der Waals surface area (Å²) in [6.45, 7) is 3.60. The first kappa shape index (κ1) is 11.1. The van der Waals surface area contributed by atoms with E-state index in [1.165, 1.54) is 6.07 Å². The molecule has 0 spiro atoms. The Balaban J connectivity index is 3.02. The van der Waals surface area contributed by atoms with Crippen molar-refractivity contribution in [3.05, 3.63) is 43.9 Å². The summed E-state index contributed by atoms with van der Waals surface area (Å²) in [6, 6.07) is 2.88. The van der Waals surface area contributed by atoms with Crippen LogP contribution in [0.3, 0.4) is 0 Å². The molecule has 3 N–H and O–H groups in total. The molecule has 0 radical (unpaired) electrons. The van der Waals surface area contributed by atoms with Gasteiger partial charge in [-0.3, -0.25) is 14.9 Å². The highest BCUT2D eigenvalue weighted by Crippen LogP contribution is 2.29. The number of aryl methyl sites for hydroxylation is 2. The van der Waals surface area contributed by atoms with Crippen LogP contribution in [0.4, 0.5) is 11.4 Å². The van der Waals surface area contributed by atoms with Crippen molar-refractivity contribution in [2.24, 2.45) is 0 Å². The molecule has 6 nitrogen and oxygen atoms in total. The van der Waals surface area contributed by atoms with Crippen LogP contribution in [0, 0.1) is 24.0 Å². The molecule has 0 atom stereocenters. The molecule has 88 valence electrons. The first-order chi connectivity index (χ1) is 7.93. The van der Waals surface area contributed by atoms with Gasteiger partial charge >= 0.3 is 0 Å². The Morgan fingerprint density at radius 3 is 2.59 bits per heavy atom. The maximum atomic E-state index is 11.8. The van der Waals surface area contributed by atoms with Crippen LogP contribution in [0.2, 0.25) is 0 Å². The van der Waals surface area contributed by atoms with E-state index in [9.17, 15) is 14.9 Å². The fraction of sp³-hybridized carbons (Fsp3) is 0.182. The molecule has 6 heteroatoms. The van der Waals surface area contributed by atoms with E-state index >= 15 is 0 Å². The molecule has 0 aliphatic heterocycles. The number of pyridine rings is 1. The molecule has 1 heterocycles. The molecule has 2 aromatic rings. The molecule has 0 aliphatic rings. The lowest BCUT2D eigenvalue weighted by molar-refractivity contribution is -0.383. The summed E-state index contributed by atoms with van der Waals surface area (Å²) in [7, 11) is 0. The number of nitrogens with one attached hydrogen (secondary N) is 1. The minimum Gasteiger partial charge on any atom is -0.392 e. The molecule has 0 bridgehead atoms. The van der Waals surface area contributed by atoms with E-state index in [2.05, 4.69) is 4.98 Å². The van der Waals surface area contributed by atoms with Gasteiger partial charge in [0.1, 0.15) is 5.69 Å². The number of nitrogen functional groups attached to an aromatic ring is 1. The molecule has 17 heavy (non-hydrogen) atoms. The third-order valence-corrected chi connectivity index (χ3v) is 2.91. The zero-order chi connectivity index (χ0) is 12.7. The number of nitro benzene ring substituents is 1. The molecule has 0 saturated heterocycles. The van der Waals surface area contributed by atoms with Gasteiger partial charge in [0.25, 0.3) is 11.2 Å². The Kier molecular flexibility index (Phi) is 2.35. The molecular weight excluding hydrogens is 222 g/mol. The summed E-state index contributed by atoms with van der Waals surface area (Å²) in [5.41, 5.74) is 6.54. The Labute approximate surface area is 96.2 Å². The Morgan fingerprint density at radius 2 is 2.00 bits per heavy atom. The van der Waals surface area contributed by atoms with Crippen molar-refractivity contribution in [3.8, 4) is 0 Å². The number of hydrogen-bond donors (Lipinski definition) is 2. The van der Waals surface area contributed by atoms with Crippen LogP contribution >= 0.6 is 0 Å². The van der Waals surface area contributed by atoms with Crippen LogP contribution < -0.4 is 11.3 Å². The van der Waals surface area contributed by atoms with Crippen LogP contribution in [0.5, 0.6) is 0 Å². The standard InChI is InChI=1S/C11H11N3O3/c1-5-6(2)13-11(15)9-7(5)3-4-8(10(9)12)14(16)17/h3-4H,12H2,1-2H3,(H,13,15). The first-order valence-corrected chi connectivity index (χ1v) is 4.99. The van der Waals surface area contributed by atoms with Crippen LogP contribution in [-0.4, -0.2) is 9.91 Å². The van der Waals surface area contributed by atoms with Gasteiger partial charge in [-0.15, -0.1) is 0 Å². The quantitative estimate of drug-likeness (QED) is 0.444. The number of H-pyrrole nitrogens is 1. The summed E-state index contributed by atoms with van der Waals surface area (Å²) < 4.78 is 0. The van der Waals surface area contributed by atoms with Gasteiger partial charge in [0, 0.05) is 11.8 Å². The van der Waals surface area contributed by atoms with E-state index < -0.39 is 10.5 Å². The lowest BCUT2D eigenvalue weighted by Crippen LogP contribution is -2.12. The zero-order valence-corrected chi connectivity index (χ0v) is 9.40. The van der Waals surface area contributed by atoms with Gasteiger partial charge in [-0.05, 0) is 30.9 Å². The van der Waals surface area contributed by atoms with E-state index in [1.54, 1.807) is 13.0 Å². The zero-order valence-electron chi connectivity index (χ0n) is 9.40. The molecule has 1 aromatic carbocycles. The number of rotatable bonds is 1. The molecule has 0 amide bonds. The van der Waals surface area contributed by atoms with E-state index in [0.29, 0.717) is 5.39 Å². The first-order valence-electron chi connectivity index (χ1n) is 4.99. The smallest absolute Gasteiger partial charge is 0.292 e. The van der Waals surface area contributed by atoms with Crippen molar-refractivity contribution >= 4 is 22.1 Å².